The Morgan fingerprint density at radius 2 is 2.22 bits per heavy atom. The summed E-state index contributed by atoms with van der Waals surface area (Å²) in [6.07, 6.45) is 0. The van der Waals surface area contributed by atoms with Crippen molar-refractivity contribution in [3.63, 3.8) is 0 Å². The zero-order chi connectivity index (χ0) is 13.1. The van der Waals surface area contributed by atoms with Gasteiger partial charge in [-0.05, 0) is 19.9 Å². The van der Waals surface area contributed by atoms with E-state index < -0.39 is 0 Å². The highest BCUT2D eigenvalue weighted by Crippen LogP contribution is 2.11. The van der Waals surface area contributed by atoms with Crippen LogP contribution < -0.4 is 10.9 Å². The third-order valence-corrected chi connectivity index (χ3v) is 2.52. The SMILES string of the molecule is Cc1noc(C)c1CNC(=O)c1ccc(=O)[nH]n1. The first-order chi connectivity index (χ1) is 8.58. The molecule has 2 heterocycles. The monoisotopic (exact) mass is 248 g/mol. The third kappa shape index (κ3) is 2.45. The molecule has 0 bridgehead atoms. The van der Waals surface area contributed by atoms with Crippen LogP contribution in [0.4, 0.5) is 0 Å². The summed E-state index contributed by atoms with van der Waals surface area (Å²) in [5.41, 5.74) is 1.38. The van der Waals surface area contributed by atoms with Gasteiger partial charge in [-0.2, -0.15) is 5.10 Å². The standard InChI is InChI=1S/C11H12N4O3/c1-6-8(7(2)18-15-6)5-12-11(17)9-3-4-10(16)14-13-9/h3-4H,5H2,1-2H3,(H,12,17)(H,14,16). The Labute approximate surface area is 102 Å². The molecule has 0 saturated heterocycles. The van der Waals surface area contributed by atoms with Crippen LogP contribution in [-0.4, -0.2) is 21.3 Å². The van der Waals surface area contributed by atoms with Gasteiger partial charge in [0.05, 0.1) is 5.69 Å². The highest BCUT2D eigenvalue weighted by molar-refractivity contribution is 5.91. The summed E-state index contributed by atoms with van der Waals surface area (Å²) < 4.78 is 4.98. The van der Waals surface area contributed by atoms with Gasteiger partial charge >= 0.3 is 0 Å². The Morgan fingerprint density at radius 3 is 2.78 bits per heavy atom. The van der Waals surface area contributed by atoms with E-state index in [2.05, 4.69) is 20.7 Å². The van der Waals surface area contributed by atoms with Crippen LogP contribution in [0.5, 0.6) is 0 Å². The molecular formula is C11H12N4O3. The number of aromatic nitrogens is 3. The fraction of sp³-hybridized carbons (Fsp3) is 0.273. The summed E-state index contributed by atoms with van der Waals surface area (Å²) in [6.45, 7) is 3.89. The highest BCUT2D eigenvalue weighted by Gasteiger charge is 2.12. The van der Waals surface area contributed by atoms with E-state index in [9.17, 15) is 9.59 Å². The minimum Gasteiger partial charge on any atom is -0.361 e. The van der Waals surface area contributed by atoms with Crippen molar-refractivity contribution in [3.05, 3.63) is 45.2 Å². The van der Waals surface area contributed by atoms with Crippen molar-refractivity contribution in [2.24, 2.45) is 0 Å². The second kappa shape index (κ2) is 4.82. The Bertz CT molecular complexity index is 589. The second-order valence-corrected chi connectivity index (χ2v) is 3.79. The van der Waals surface area contributed by atoms with E-state index in [1.807, 2.05) is 0 Å². The van der Waals surface area contributed by atoms with Crippen molar-refractivity contribution in [3.8, 4) is 0 Å². The molecule has 2 N–H and O–H groups in total. The van der Waals surface area contributed by atoms with Gasteiger partial charge in [-0.15, -0.1) is 0 Å². The normalized spacial score (nSPS) is 10.3. The topological polar surface area (TPSA) is 101 Å². The largest absolute Gasteiger partial charge is 0.361 e. The van der Waals surface area contributed by atoms with Crippen LogP contribution in [-0.2, 0) is 6.54 Å². The van der Waals surface area contributed by atoms with E-state index >= 15 is 0 Å². The lowest BCUT2D eigenvalue weighted by Gasteiger charge is -2.03. The fourth-order valence-corrected chi connectivity index (χ4v) is 1.48. The molecule has 7 heteroatoms. The number of nitrogens with one attached hydrogen (secondary N) is 2. The first-order valence-electron chi connectivity index (χ1n) is 5.33. The molecule has 94 valence electrons. The molecule has 0 spiro atoms. The van der Waals surface area contributed by atoms with Crippen LogP contribution >= 0.6 is 0 Å². The van der Waals surface area contributed by atoms with Crippen LogP contribution in [0.3, 0.4) is 0 Å². The summed E-state index contributed by atoms with van der Waals surface area (Å²) in [7, 11) is 0. The smallest absolute Gasteiger partial charge is 0.271 e. The third-order valence-electron chi connectivity index (χ3n) is 2.52. The minimum absolute atomic E-state index is 0.154. The molecule has 0 saturated carbocycles. The first kappa shape index (κ1) is 12.0. The summed E-state index contributed by atoms with van der Waals surface area (Å²) in [5, 5.41) is 12.3. The van der Waals surface area contributed by atoms with Crippen LogP contribution in [0.25, 0.3) is 0 Å². The van der Waals surface area contributed by atoms with Crippen LogP contribution in [0.2, 0.25) is 0 Å². The molecule has 2 rings (SSSR count). The molecular weight excluding hydrogens is 236 g/mol. The summed E-state index contributed by atoms with van der Waals surface area (Å²) in [4.78, 5) is 22.5. The van der Waals surface area contributed by atoms with Crippen molar-refractivity contribution >= 4 is 5.91 Å². The van der Waals surface area contributed by atoms with Gasteiger partial charge in [-0.1, -0.05) is 5.16 Å². The van der Waals surface area contributed by atoms with E-state index in [1.54, 1.807) is 13.8 Å². The number of aromatic amines is 1. The van der Waals surface area contributed by atoms with Gasteiger partial charge in [0, 0.05) is 18.2 Å². The van der Waals surface area contributed by atoms with E-state index in [0.717, 1.165) is 11.3 Å². The van der Waals surface area contributed by atoms with Crippen LogP contribution in [0, 0.1) is 13.8 Å². The predicted octanol–water partition coefficient (Wildman–Crippen LogP) is 0.305. The average Bonchev–Trinajstić information content (AvgIpc) is 2.67. The van der Waals surface area contributed by atoms with Crippen LogP contribution in [0.1, 0.15) is 27.5 Å². The zero-order valence-corrected chi connectivity index (χ0v) is 9.98. The highest BCUT2D eigenvalue weighted by atomic mass is 16.5. The predicted molar refractivity (Wildman–Crippen MR) is 62.0 cm³/mol. The quantitative estimate of drug-likeness (QED) is 0.813. The molecule has 0 fully saturated rings. The van der Waals surface area contributed by atoms with Gasteiger partial charge < -0.3 is 9.84 Å². The average molecular weight is 248 g/mol. The van der Waals surface area contributed by atoms with Crippen molar-refractivity contribution in [2.45, 2.75) is 20.4 Å². The number of carbonyl (C=O) groups excluding carboxylic acids is 1. The van der Waals surface area contributed by atoms with Gasteiger partial charge in [-0.3, -0.25) is 9.59 Å². The van der Waals surface area contributed by atoms with Gasteiger partial charge in [0.1, 0.15) is 11.5 Å². The number of aryl methyl sites for hydroxylation is 2. The molecule has 1 amide bonds. The van der Waals surface area contributed by atoms with Crippen molar-refractivity contribution < 1.29 is 9.32 Å². The van der Waals surface area contributed by atoms with E-state index in [4.69, 9.17) is 4.52 Å². The van der Waals surface area contributed by atoms with Crippen LogP contribution in [0.15, 0.2) is 21.5 Å². The number of rotatable bonds is 3. The van der Waals surface area contributed by atoms with Gasteiger partial charge in [0.25, 0.3) is 11.5 Å². The Morgan fingerprint density at radius 1 is 1.44 bits per heavy atom. The molecule has 2 aromatic heterocycles. The van der Waals surface area contributed by atoms with E-state index in [0.29, 0.717) is 12.3 Å². The number of H-pyrrole nitrogens is 1. The van der Waals surface area contributed by atoms with Gasteiger partial charge in [-0.25, -0.2) is 5.10 Å². The summed E-state index contributed by atoms with van der Waals surface area (Å²) in [5.74, 6) is 0.300. The summed E-state index contributed by atoms with van der Waals surface area (Å²) in [6, 6.07) is 2.61. The van der Waals surface area contributed by atoms with Crippen molar-refractivity contribution in [2.75, 3.05) is 0 Å². The maximum Gasteiger partial charge on any atom is 0.271 e. The number of nitrogens with zero attached hydrogens (tertiary/aromatic N) is 2. The molecule has 18 heavy (non-hydrogen) atoms. The Kier molecular flexibility index (Phi) is 3.22. The fourth-order valence-electron chi connectivity index (χ4n) is 1.48. The second-order valence-electron chi connectivity index (χ2n) is 3.79. The number of amides is 1. The lowest BCUT2D eigenvalue weighted by atomic mass is 10.2. The molecule has 2 aromatic rings. The lowest BCUT2D eigenvalue weighted by molar-refractivity contribution is 0.0944. The molecule has 0 atom stereocenters. The maximum absolute atomic E-state index is 11.7. The van der Waals surface area contributed by atoms with E-state index in [1.165, 1.54) is 12.1 Å². The molecule has 0 aliphatic carbocycles. The zero-order valence-electron chi connectivity index (χ0n) is 9.98. The molecule has 0 aliphatic heterocycles. The lowest BCUT2D eigenvalue weighted by Crippen LogP contribution is -2.25. The minimum atomic E-state index is -0.369. The van der Waals surface area contributed by atoms with Gasteiger partial charge in [0.15, 0.2) is 0 Å². The molecule has 0 radical (unpaired) electrons. The van der Waals surface area contributed by atoms with E-state index in [-0.39, 0.29) is 17.2 Å². The summed E-state index contributed by atoms with van der Waals surface area (Å²) >= 11 is 0. The molecule has 0 aliphatic rings. The molecule has 0 aromatic carbocycles. The Hall–Kier alpha value is -2.44. The van der Waals surface area contributed by atoms with Crippen molar-refractivity contribution in [1.29, 1.82) is 0 Å². The molecule has 0 unspecified atom stereocenters. The maximum atomic E-state index is 11.7. The Balaban J connectivity index is 2.05. The number of hydrogen-bond donors (Lipinski definition) is 2. The number of carbonyl (C=O) groups is 1. The van der Waals surface area contributed by atoms with Gasteiger partial charge in [0.2, 0.25) is 0 Å². The number of hydrogen-bond acceptors (Lipinski definition) is 5. The molecule has 7 nitrogen and oxygen atoms in total. The first-order valence-corrected chi connectivity index (χ1v) is 5.33. The van der Waals surface area contributed by atoms with Crippen molar-refractivity contribution in [1.82, 2.24) is 20.7 Å².